The number of anilines is 1. The number of hydrogen-bond acceptors (Lipinski definition) is 6. The Hall–Kier alpha value is -3.66. The average molecular weight is 514 g/mol. The standard InChI is InChI=1S/C27H32FN3O6/c1-17(32)29-12-21-15-31(26(34)36-21)20-9-10-23(24(28)11-20)19-7-5-18(6-8-19)13-30(14-22-16-35-22)25(33)37-27(2,3)4/h5-11,21-22H,12-16H2,1-4H3,(H,29,32)/t21-,22-/m0/s1. The van der Waals surface area contributed by atoms with E-state index in [4.69, 9.17) is 14.2 Å². The van der Waals surface area contributed by atoms with Crippen LogP contribution in [0.2, 0.25) is 0 Å². The molecule has 9 nitrogen and oxygen atoms in total. The van der Waals surface area contributed by atoms with Crippen LogP contribution in [0.15, 0.2) is 42.5 Å². The summed E-state index contributed by atoms with van der Waals surface area (Å²) in [6.45, 7) is 8.67. The summed E-state index contributed by atoms with van der Waals surface area (Å²) in [5, 5.41) is 2.61. The molecule has 0 spiro atoms. The SMILES string of the molecule is CC(=O)NC[C@H]1CN(c2ccc(-c3ccc(CN(C[C@H]4CO4)C(=O)OC(C)(C)C)cc3)c(F)c2)C(=O)O1. The Labute approximate surface area is 215 Å². The third-order valence-electron chi connectivity index (χ3n) is 5.83. The van der Waals surface area contributed by atoms with Crippen molar-refractivity contribution in [3.63, 3.8) is 0 Å². The zero-order valence-corrected chi connectivity index (χ0v) is 21.5. The molecular formula is C27H32FN3O6. The molecule has 2 aliphatic heterocycles. The summed E-state index contributed by atoms with van der Waals surface area (Å²) in [7, 11) is 0. The summed E-state index contributed by atoms with van der Waals surface area (Å²) in [6, 6.07) is 11.9. The number of nitrogens with zero attached hydrogens (tertiary/aromatic N) is 2. The topological polar surface area (TPSA) is 101 Å². The van der Waals surface area contributed by atoms with Crippen LogP contribution in [0.4, 0.5) is 19.7 Å². The van der Waals surface area contributed by atoms with Gasteiger partial charge in [-0.15, -0.1) is 0 Å². The fourth-order valence-corrected chi connectivity index (χ4v) is 3.96. The number of carbonyl (C=O) groups excluding carboxylic acids is 3. The van der Waals surface area contributed by atoms with Crippen LogP contribution in [-0.2, 0) is 25.5 Å². The molecular weight excluding hydrogens is 481 g/mol. The number of rotatable bonds is 8. The molecule has 0 saturated carbocycles. The van der Waals surface area contributed by atoms with Crippen molar-refractivity contribution in [1.82, 2.24) is 10.2 Å². The molecule has 37 heavy (non-hydrogen) atoms. The highest BCUT2D eigenvalue weighted by molar-refractivity contribution is 5.90. The van der Waals surface area contributed by atoms with Gasteiger partial charge in [-0.2, -0.15) is 0 Å². The van der Waals surface area contributed by atoms with Gasteiger partial charge in [0.1, 0.15) is 17.5 Å². The van der Waals surface area contributed by atoms with Crippen LogP contribution >= 0.6 is 0 Å². The summed E-state index contributed by atoms with van der Waals surface area (Å²) >= 11 is 0. The number of cyclic esters (lactones) is 1. The average Bonchev–Trinajstić information content (AvgIpc) is 3.56. The Morgan fingerprint density at radius 2 is 1.86 bits per heavy atom. The third kappa shape index (κ3) is 7.19. The summed E-state index contributed by atoms with van der Waals surface area (Å²) in [4.78, 5) is 39.0. The van der Waals surface area contributed by atoms with E-state index in [9.17, 15) is 14.4 Å². The van der Waals surface area contributed by atoms with Gasteiger partial charge < -0.3 is 24.4 Å². The summed E-state index contributed by atoms with van der Waals surface area (Å²) in [5.41, 5.74) is 1.69. The number of amides is 3. The minimum absolute atomic E-state index is 0.0213. The van der Waals surface area contributed by atoms with Crippen molar-refractivity contribution in [3.8, 4) is 11.1 Å². The summed E-state index contributed by atoms with van der Waals surface area (Å²) in [6.07, 6.45) is -1.47. The lowest BCUT2D eigenvalue weighted by Crippen LogP contribution is -2.38. The molecule has 0 unspecified atom stereocenters. The highest BCUT2D eigenvalue weighted by Crippen LogP contribution is 2.29. The Balaban J connectivity index is 1.43. The zero-order valence-electron chi connectivity index (χ0n) is 21.5. The molecule has 2 saturated heterocycles. The predicted molar refractivity (Wildman–Crippen MR) is 135 cm³/mol. The second-order valence-corrected chi connectivity index (χ2v) is 10.2. The smallest absolute Gasteiger partial charge is 0.414 e. The molecule has 2 aromatic carbocycles. The lowest BCUT2D eigenvalue weighted by atomic mass is 10.0. The highest BCUT2D eigenvalue weighted by Gasteiger charge is 2.33. The van der Waals surface area contributed by atoms with Crippen LogP contribution in [0.25, 0.3) is 11.1 Å². The molecule has 198 valence electrons. The van der Waals surface area contributed by atoms with E-state index in [1.54, 1.807) is 29.2 Å². The maximum Gasteiger partial charge on any atom is 0.414 e. The molecule has 0 aromatic heterocycles. The van der Waals surface area contributed by atoms with E-state index in [-0.39, 0.29) is 25.1 Å². The van der Waals surface area contributed by atoms with Gasteiger partial charge in [0.2, 0.25) is 5.91 Å². The molecule has 10 heteroatoms. The second-order valence-electron chi connectivity index (χ2n) is 10.2. The van der Waals surface area contributed by atoms with Gasteiger partial charge in [0.25, 0.3) is 0 Å². The summed E-state index contributed by atoms with van der Waals surface area (Å²) < 4.78 is 31.1. The molecule has 2 aromatic rings. The Morgan fingerprint density at radius 3 is 2.46 bits per heavy atom. The molecule has 0 radical (unpaired) electrons. The third-order valence-corrected chi connectivity index (χ3v) is 5.83. The Kier molecular flexibility index (Phi) is 7.68. The van der Waals surface area contributed by atoms with E-state index in [0.29, 0.717) is 36.5 Å². The number of benzene rings is 2. The lowest BCUT2D eigenvalue weighted by Gasteiger charge is -2.27. The molecule has 0 bridgehead atoms. The normalized spacial score (nSPS) is 18.8. The van der Waals surface area contributed by atoms with Crippen molar-refractivity contribution in [2.45, 2.75) is 52.0 Å². The minimum Gasteiger partial charge on any atom is -0.444 e. The Bertz CT molecular complexity index is 1160. The van der Waals surface area contributed by atoms with E-state index in [1.165, 1.54) is 17.9 Å². The maximum atomic E-state index is 15.1. The molecule has 0 aliphatic carbocycles. The van der Waals surface area contributed by atoms with Gasteiger partial charge in [-0.1, -0.05) is 24.3 Å². The largest absolute Gasteiger partial charge is 0.444 e. The van der Waals surface area contributed by atoms with Gasteiger partial charge in [-0.3, -0.25) is 9.69 Å². The second kappa shape index (κ2) is 10.8. The number of carbonyl (C=O) groups is 3. The van der Waals surface area contributed by atoms with Crippen molar-refractivity contribution >= 4 is 23.8 Å². The molecule has 1 N–H and O–H groups in total. The first-order valence-electron chi connectivity index (χ1n) is 12.2. The number of ether oxygens (including phenoxy) is 3. The quantitative estimate of drug-likeness (QED) is 0.534. The van der Waals surface area contributed by atoms with E-state index in [2.05, 4.69) is 5.32 Å². The van der Waals surface area contributed by atoms with Gasteiger partial charge in [-0.25, -0.2) is 14.0 Å². The predicted octanol–water partition coefficient (Wildman–Crippen LogP) is 4.09. The van der Waals surface area contributed by atoms with Crippen LogP contribution < -0.4 is 10.2 Å². The molecule has 2 aliphatic rings. The fraction of sp³-hybridized carbons (Fsp3) is 0.444. The number of hydrogen-bond donors (Lipinski definition) is 1. The number of nitrogens with one attached hydrogen (secondary N) is 1. The fourth-order valence-electron chi connectivity index (χ4n) is 3.96. The highest BCUT2D eigenvalue weighted by atomic mass is 19.1. The van der Waals surface area contributed by atoms with Crippen LogP contribution in [0, 0.1) is 5.82 Å². The monoisotopic (exact) mass is 513 g/mol. The summed E-state index contributed by atoms with van der Waals surface area (Å²) in [5.74, 6) is -0.699. The molecule has 3 amide bonds. The van der Waals surface area contributed by atoms with Gasteiger partial charge in [-0.05, 0) is 50.1 Å². The van der Waals surface area contributed by atoms with Crippen molar-refractivity contribution in [2.24, 2.45) is 0 Å². The maximum absolute atomic E-state index is 15.1. The van der Waals surface area contributed by atoms with Crippen LogP contribution in [-0.4, -0.2) is 67.0 Å². The molecule has 2 fully saturated rings. The van der Waals surface area contributed by atoms with E-state index < -0.39 is 29.7 Å². The lowest BCUT2D eigenvalue weighted by molar-refractivity contribution is -0.119. The first kappa shape index (κ1) is 26.4. The minimum atomic E-state index is -0.606. The molecule has 2 heterocycles. The van der Waals surface area contributed by atoms with Crippen molar-refractivity contribution in [1.29, 1.82) is 0 Å². The first-order chi connectivity index (χ1) is 17.5. The van der Waals surface area contributed by atoms with Gasteiger partial charge >= 0.3 is 12.2 Å². The van der Waals surface area contributed by atoms with Crippen LogP contribution in [0.5, 0.6) is 0 Å². The van der Waals surface area contributed by atoms with Crippen molar-refractivity contribution in [3.05, 3.63) is 53.8 Å². The van der Waals surface area contributed by atoms with Gasteiger partial charge in [0.05, 0.1) is 38.0 Å². The van der Waals surface area contributed by atoms with E-state index in [1.807, 2.05) is 32.9 Å². The van der Waals surface area contributed by atoms with E-state index >= 15 is 4.39 Å². The number of halogens is 1. The number of epoxide rings is 1. The van der Waals surface area contributed by atoms with Crippen molar-refractivity contribution < 1.29 is 33.0 Å². The zero-order chi connectivity index (χ0) is 26.7. The van der Waals surface area contributed by atoms with Gasteiger partial charge in [0, 0.05) is 19.0 Å². The first-order valence-corrected chi connectivity index (χ1v) is 12.2. The van der Waals surface area contributed by atoms with Crippen LogP contribution in [0.3, 0.4) is 0 Å². The van der Waals surface area contributed by atoms with Crippen LogP contribution in [0.1, 0.15) is 33.3 Å². The Morgan fingerprint density at radius 1 is 1.16 bits per heavy atom. The molecule has 2 atom stereocenters. The van der Waals surface area contributed by atoms with Gasteiger partial charge in [0.15, 0.2) is 0 Å². The molecule has 4 rings (SSSR count). The van der Waals surface area contributed by atoms with Crippen molar-refractivity contribution in [2.75, 3.05) is 31.1 Å². The van der Waals surface area contributed by atoms with E-state index in [0.717, 1.165) is 5.56 Å².